The minimum atomic E-state index is -0.285. The van der Waals surface area contributed by atoms with E-state index in [0.29, 0.717) is 5.69 Å². The Balaban J connectivity index is 1.41. The van der Waals surface area contributed by atoms with Gasteiger partial charge in [-0.2, -0.15) is 0 Å². The third kappa shape index (κ3) is 4.93. The fraction of sp³-hybridized carbons (Fsp3) is 0.261. The van der Waals surface area contributed by atoms with Gasteiger partial charge in [-0.05, 0) is 50.4 Å². The van der Waals surface area contributed by atoms with E-state index in [9.17, 15) is 4.79 Å². The summed E-state index contributed by atoms with van der Waals surface area (Å²) in [5.74, 6) is 0.901. The number of piperazine rings is 1. The normalized spacial score (nSPS) is 14.4. The van der Waals surface area contributed by atoms with Crippen LogP contribution in [0, 0.1) is 6.92 Å². The number of urea groups is 1. The van der Waals surface area contributed by atoms with Crippen molar-refractivity contribution >= 4 is 23.2 Å². The molecule has 1 aliphatic heterocycles. The van der Waals surface area contributed by atoms with Gasteiger partial charge in [0.05, 0.1) is 5.69 Å². The van der Waals surface area contributed by atoms with E-state index in [1.165, 1.54) is 0 Å². The number of rotatable bonds is 4. The molecule has 0 aliphatic carbocycles. The molecule has 1 saturated heterocycles. The molecule has 1 aromatic heterocycles. The fourth-order valence-corrected chi connectivity index (χ4v) is 3.37. The molecule has 0 bridgehead atoms. The Labute approximate surface area is 176 Å². The summed E-state index contributed by atoms with van der Waals surface area (Å²) < 4.78 is 0. The molecule has 0 radical (unpaired) electrons. The van der Waals surface area contributed by atoms with Crippen molar-refractivity contribution < 1.29 is 4.79 Å². The molecule has 2 N–H and O–H groups in total. The Hall–Kier alpha value is -3.45. The smallest absolute Gasteiger partial charge is 0.323 e. The third-order valence-corrected chi connectivity index (χ3v) is 5.20. The van der Waals surface area contributed by atoms with Crippen LogP contribution >= 0.6 is 0 Å². The van der Waals surface area contributed by atoms with Gasteiger partial charge >= 0.3 is 6.03 Å². The number of hydrogen-bond donors (Lipinski definition) is 2. The number of nitrogens with one attached hydrogen (secondary N) is 2. The molecule has 1 aliphatic rings. The number of carbonyl (C=O) groups is 1. The monoisotopic (exact) mass is 402 g/mol. The molecular formula is C23H26N6O. The highest BCUT2D eigenvalue weighted by Gasteiger charge is 2.15. The van der Waals surface area contributed by atoms with Gasteiger partial charge in [-0.15, -0.1) is 10.2 Å². The molecule has 0 spiro atoms. The van der Waals surface area contributed by atoms with Crippen LogP contribution in [0.25, 0.3) is 11.3 Å². The lowest BCUT2D eigenvalue weighted by Gasteiger charge is -2.32. The SMILES string of the molecule is Cc1ccc(NC(=O)Nc2cccc(-c3ccc(N4CCN(C)CC4)nn3)c2)cc1. The minimum absolute atomic E-state index is 0.285. The van der Waals surface area contributed by atoms with Crippen LogP contribution in [-0.2, 0) is 0 Å². The van der Waals surface area contributed by atoms with Crippen molar-refractivity contribution in [2.24, 2.45) is 0 Å². The summed E-state index contributed by atoms with van der Waals surface area (Å²) in [4.78, 5) is 16.9. The zero-order valence-electron chi connectivity index (χ0n) is 17.3. The van der Waals surface area contributed by atoms with Gasteiger partial charge in [0.15, 0.2) is 5.82 Å². The van der Waals surface area contributed by atoms with Crippen molar-refractivity contribution in [3.05, 3.63) is 66.2 Å². The summed E-state index contributed by atoms with van der Waals surface area (Å²) in [7, 11) is 2.13. The van der Waals surface area contributed by atoms with Crippen LogP contribution in [0.5, 0.6) is 0 Å². The maximum absolute atomic E-state index is 12.3. The molecule has 154 valence electrons. The molecule has 0 atom stereocenters. The van der Waals surface area contributed by atoms with Crippen LogP contribution in [-0.4, -0.2) is 54.4 Å². The largest absolute Gasteiger partial charge is 0.353 e. The van der Waals surface area contributed by atoms with Crippen LogP contribution in [0.3, 0.4) is 0 Å². The molecule has 2 amide bonds. The highest BCUT2D eigenvalue weighted by molar-refractivity contribution is 6.00. The Morgan fingerprint density at radius 3 is 2.30 bits per heavy atom. The first-order chi connectivity index (χ1) is 14.6. The van der Waals surface area contributed by atoms with Gasteiger partial charge in [-0.3, -0.25) is 0 Å². The first-order valence-corrected chi connectivity index (χ1v) is 10.1. The highest BCUT2D eigenvalue weighted by Crippen LogP contribution is 2.22. The zero-order valence-corrected chi connectivity index (χ0v) is 17.3. The lowest BCUT2D eigenvalue weighted by molar-refractivity contribution is 0.262. The van der Waals surface area contributed by atoms with Gasteiger partial charge in [-0.1, -0.05) is 29.8 Å². The predicted molar refractivity (Wildman–Crippen MR) is 121 cm³/mol. The molecule has 0 unspecified atom stereocenters. The summed E-state index contributed by atoms with van der Waals surface area (Å²) in [5, 5.41) is 14.5. The second kappa shape index (κ2) is 8.92. The minimum Gasteiger partial charge on any atom is -0.353 e. The number of aryl methyl sites for hydroxylation is 1. The summed E-state index contributed by atoms with van der Waals surface area (Å²) >= 11 is 0. The van der Waals surface area contributed by atoms with Crippen LogP contribution in [0.15, 0.2) is 60.7 Å². The summed E-state index contributed by atoms with van der Waals surface area (Å²) in [6.07, 6.45) is 0. The van der Waals surface area contributed by atoms with Crippen LogP contribution < -0.4 is 15.5 Å². The van der Waals surface area contributed by atoms with Gasteiger partial charge in [0.1, 0.15) is 0 Å². The van der Waals surface area contributed by atoms with Gasteiger partial charge in [0, 0.05) is 43.1 Å². The van der Waals surface area contributed by atoms with E-state index in [4.69, 9.17) is 0 Å². The molecule has 7 nitrogen and oxygen atoms in total. The molecule has 2 heterocycles. The van der Waals surface area contributed by atoms with Crippen LogP contribution in [0.4, 0.5) is 22.0 Å². The number of likely N-dealkylation sites (N-methyl/N-ethyl adjacent to an activating group) is 1. The lowest BCUT2D eigenvalue weighted by atomic mass is 10.1. The standard InChI is InChI=1S/C23H26N6O/c1-17-6-8-19(9-7-17)24-23(30)25-20-5-3-4-18(16-20)21-10-11-22(27-26-21)29-14-12-28(2)13-15-29/h3-11,16H,12-15H2,1-2H3,(H2,24,25,30). The van der Waals surface area contributed by atoms with Gasteiger partial charge in [0.25, 0.3) is 0 Å². The molecule has 1 fully saturated rings. The Morgan fingerprint density at radius 1 is 0.867 bits per heavy atom. The second-order valence-corrected chi connectivity index (χ2v) is 7.59. The molecule has 2 aromatic carbocycles. The number of amides is 2. The van der Waals surface area contributed by atoms with Crippen molar-refractivity contribution in [2.75, 3.05) is 48.8 Å². The van der Waals surface area contributed by atoms with E-state index in [2.05, 4.69) is 37.7 Å². The van der Waals surface area contributed by atoms with E-state index >= 15 is 0 Å². The summed E-state index contributed by atoms with van der Waals surface area (Å²) in [6, 6.07) is 19.0. The Morgan fingerprint density at radius 2 is 1.60 bits per heavy atom. The molecule has 3 aromatic rings. The zero-order chi connectivity index (χ0) is 20.9. The number of carbonyl (C=O) groups excluding carboxylic acids is 1. The van der Waals surface area contributed by atoms with Crippen LogP contribution in [0.2, 0.25) is 0 Å². The van der Waals surface area contributed by atoms with E-state index in [1.807, 2.05) is 67.6 Å². The van der Waals surface area contributed by atoms with E-state index < -0.39 is 0 Å². The fourth-order valence-electron chi connectivity index (χ4n) is 3.37. The lowest BCUT2D eigenvalue weighted by Crippen LogP contribution is -2.44. The van der Waals surface area contributed by atoms with Gasteiger partial charge in [0.2, 0.25) is 0 Å². The van der Waals surface area contributed by atoms with Gasteiger partial charge < -0.3 is 20.4 Å². The molecule has 30 heavy (non-hydrogen) atoms. The highest BCUT2D eigenvalue weighted by atomic mass is 16.2. The maximum atomic E-state index is 12.3. The molecule has 4 rings (SSSR count). The third-order valence-electron chi connectivity index (χ3n) is 5.20. The van der Waals surface area contributed by atoms with E-state index in [0.717, 1.165) is 54.5 Å². The van der Waals surface area contributed by atoms with E-state index in [-0.39, 0.29) is 6.03 Å². The van der Waals surface area contributed by atoms with E-state index in [1.54, 1.807) is 0 Å². The average molecular weight is 403 g/mol. The van der Waals surface area contributed by atoms with Crippen molar-refractivity contribution in [3.63, 3.8) is 0 Å². The maximum Gasteiger partial charge on any atom is 0.323 e. The number of hydrogen-bond acceptors (Lipinski definition) is 5. The Bertz CT molecular complexity index is 995. The van der Waals surface area contributed by atoms with Crippen molar-refractivity contribution in [2.45, 2.75) is 6.92 Å². The Kier molecular flexibility index (Phi) is 5.90. The second-order valence-electron chi connectivity index (χ2n) is 7.59. The van der Waals surface area contributed by atoms with Crippen molar-refractivity contribution in [1.82, 2.24) is 15.1 Å². The first kappa shape index (κ1) is 19.8. The quantitative estimate of drug-likeness (QED) is 0.694. The van der Waals surface area contributed by atoms with Gasteiger partial charge in [-0.25, -0.2) is 4.79 Å². The topological polar surface area (TPSA) is 73.4 Å². The number of nitrogens with zero attached hydrogens (tertiary/aromatic N) is 4. The first-order valence-electron chi connectivity index (χ1n) is 10.1. The van der Waals surface area contributed by atoms with Crippen molar-refractivity contribution in [1.29, 1.82) is 0 Å². The average Bonchev–Trinajstić information content (AvgIpc) is 2.76. The van der Waals surface area contributed by atoms with Crippen LogP contribution in [0.1, 0.15) is 5.56 Å². The molecule has 7 heteroatoms. The predicted octanol–water partition coefficient (Wildman–Crippen LogP) is 3.85. The number of benzene rings is 2. The van der Waals surface area contributed by atoms with Crippen molar-refractivity contribution in [3.8, 4) is 11.3 Å². The molecule has 0 saturated carbocycles. The number of anilines is 3. The molecular weight excluding hydrogens is 376 g/mol. The summed E-state index contributed by atoms with van der Waals surface area (Å²) in [5.41, 5.74) is 4.27. The number of aromatic nitrogens is 2. The summed E-state index contributed by atoms with van der Waals surface area (Å²) in [6.45, 7) is 5.99.